The Morgan fingerprint density at radius 1 is 1.21 bits per heavy atom. The average molecular weight is 188 g/mol. The fraction of sp³-hybridized carbons (Fsp3) is 0.385. The van der Waals surface area contributed by atoms with Crippen LogP contribution in [0.25, 0.3) is 5.57 Å². The molecule has 0 fully saturated rings. The summed E-state index contributed by atoms with van der Waals surface area (Å²) in [5.74, 6) is 0. The van der Waals surface area contributed by atoms with Crippen molar-refractivity contribution in [3.05, 3.63) is 41.0 Å². The molecule has 1 N–H and O–H groups in total. The fourth-order valence-corrected chi connectivity index (χ4v) is 2.27. The van der Waals surface area contributed by atoms with Crippen molar-refractivity contribution >= 4 is 5.57 Å². The number of benzene rings is 1. The number of hydrogen-bond donors (Lipinski definition) is 1. The maximum Gasteiger partial charge on any atom is 0.0767 e. The normalized spacial score (nSPS) is 17.9. The second kappa shape index (κ2) is 3.58. The quantitative estimate of drug-likeness (QED) is 0.718. The van der Waals surface area contributed by atoms with Crippen molar-refractivity contribution in [1.82, 2.24) is 0 Å². The SMILES string of the molecule is CC1=C([C@@H](C)O)c2ccccc2CC1. The van der Waals surface area contributed by atoms with E-state index in [1.165, 1.54) is 16.7 Å². The number of aliphatic hydroxyl groups is 1. The number of aliphatic hydroxyl groups excluding tert-OH is 1. The zero-order chi connectivity index (χ0) is 10.1. The summed E-state index contributed by atoms with van der Waals surface area (Å²) in [6.07, 6.45) is 1.84. The smallest absolute Gasteiger partial charge is 0.0767 e. The van der Waals surface area contributed by atoms with Crippen LogP contribution in [0.5, 0.6) is 0 Å². The number of rotatable bonds is 1. The highest BCUT2D eigenvalue weighted by atomic mass is 16.3. The molecule has 1 aromatic carbocycles. The zero-order valence-corrected chi connectivity index (χ0v) is 8.75. The highest BCUT2D eigenvalue weighted by Crippen LogP contribution is 2.32. The van der Waals surface area contributed by atoms with Crippen LogP contribution >= 0.6 is 0 Å². The van der Waals surface area contributed by atoms with Gasteiger partial charge in [0.2, 0.25) is 0 Å². The van der Waals surface area contributed by atoms with Crippen molar-refractivity contribution in [3.8, 4) is 0 Å². The minimum atomic E-state index is -0.351. The van der Waals surface area contributed by atoms with Gasteiger partial charge in [-0.1, -0.05) is 29.8 Å². The standard InChI is InChI=1S/C13H16O/c1-9-7-8-11-5-3-4-6-12(11)13(9)10(2)14/h3-6,10,14H,7-8H2,1-2H3/t10-/m1/s1. The van der Waals surface area contributed by atoms with E-state index in [2.05, 4.69) is 25.1 Å². The van der Waals surface area contributed by atoms with E-state index in [0.29, 0.717) is 0 Å². The van der Waals surface area contributed by atoms with Gasteiger partial charge in [0.25, 0.3) is 0 Å². The summed E-state index contributed by atoms with van der Waals surface area (Å²) in [7, 11) is 0. The van der Waals surface area contributed by atoms with Gasteiger partial charge in [-0.25, -0.2) is 0 Å². The van der Waals surface area contributed by atoms with Gasteiger partial charge in [-0.15, -0.1) is 0 Å². The highest BCUT2D eigenvalue weighted by molar-refractivity contribution is 5.75. The van der Waals surface area contributed by atoms with E-state index in [9.17, 15) is 5.11 Å². The van der Waals surface area contributed by atoms with Crippen LogP contribution in [0.15, 0.2) is 29.8 Å². The lowest BCUT2D eigenvalue weighted by atomic mass is 9.84. The molecule has 0 spiro atoms. The molecule has 0 heterocycles. The first kappa shape index (κ1) is 9.47. The van der Waals surface area contributed by atoms with Gasteiger partial charge < -0.3 is 5.11 Å². The lowest BCUT2D eigenvalue weighted by Crippen LogP contribution is -2.12. The molecule has 0 radical (unpaired) electrons. The molecule has 1 aliphatic rings. The molecule has 1 nitrogen and oxygen atoms in total. The lowest BCUT2D eigenvalue weighted by molar-refractivity contribution is 0.252. The second-order valence-electron chi connectivity index (χ2n) is 4.03. The van der Waals surface area contributed by atoms with Crippen LogP contribution in [-0.2, 0) is 6.42 Å². The Morgan fingerprint density at radius 3 is 2.64 bits per heavy atom. The molecule has 0 saturated carbocycles. The van der Waals surface area contributed by atoms with Gasteiger partial charge in [-0.2, -0.15) is 0 Å². The third-order valence-corrected chi connectivity index (χ3v) is 2.95. The Hall–Kier alpha value is -1.08. The molecule has 0 unspecified atom stereocenters. The fourth-order valence-electron chi connectivity index (χ4n) is 2.27. The van der Waals surface area contributed by atoms with Gasteiger partial charge in [0.05, 0.1) is 6.10 Å². The predicted octanol–water partition coefficient (Wildman–Crippen LogP) is 2.79. The van der Waals surface area contributed by atoms with E-state index in [0.717, 1.165) is 18.4 Å². The van der Waals surface area contributed by atoms with Crippen LogP contribution in [0.3, 0.4) is 0 Å². The third-order valence-electron chi connectivity index (χ3n) is 2.95. The zero-order valence-electron chi connectivity index (χ0n) is 8.75. The molecule has 14 heavy (non-hydrogen) atoms. The summed E-state index contributed by atoms with van der Waals surface area (Å²) in [6.45, 7) is 3.97. The van der Waals surface area contributed by atoms with Crippen LogP contribution in [-0.4, -0.2) is 11.2 Å². The number of allylic oxidation sites excluding steroid dienone is 1. The summed E-state index contributed by atoms with van der Waals surface area (Å²) in [6, 6.07) is 8.38. The van der Waals surface area contributed by atoms with Crippen molar-refractivity contribution in [1.29, 1.82) is 0 Å². The monoisotopic (exact) mass is 188 g/mol. The van der Waals surface area contributed by atoms with Crippen molar-refractivity contribution in [3.63, 3.8) is 0 Å². The molecule has 0 saturated heterocycles. The van der Waals surface area contributed by atoms with Gasteiger partial charge in [-0.05, 0) is 43.4 Å². The Balaban J connectivity index is 2.56. The van der Waals surface area contributed by atoms with Gasteiger partial charge in [0.1, 0.15) is 0 Å². The first-order valence-corrected chi connectivity index (χ1v) is 5.16. The van der Waals surface area contributed by atoms with Crippen LogP contribution in [0.2, 0.25) is 0 Å². The topological polar surface area (TPSA) is 20.2 Å². The lowest BCUT2D eigenvalue weighted by Gasteiger charge is -2.23. The molecule has 2 rings (SSSR count). The van der Waals surface area contributed by atoms with Crippen molar-refractivity contribution in [2.24, 2.45) is 0 Å². The summed E-state index contributed by atoms with van der Waals surface area (Å²) >= 11 is 0. The van der Waals surface area contributed by atoms with E-state index < -0.39 is 0 Å². The first-order valence-electron chi connectivity index (χ1n) is 5.16. The predicted molar refractivity (Wildman–Crippen MR) is 59.0 cm³/mol. The van der Waals surface area contributed by atoms with Gasteiger partial charge in [-0.3, -0.25) is 0 Å². The van der Waals surface area contributed by atoms with Gasteiger partial charge >= 0.3 is 0 Å². The first-order chi connectivity index (χ1) is 6.70. The number of fused-ring (bicyclic) bond motifs is 1. The van der Waals surface area contributed by atoms with Crippen LogP contribution < -0.4 is 0 Å². The minimum Gasteiger partial charge on any atom is -0.389 e. The number of aryl methyl sites for hydroxylation is 1. The summed E-state index contributed by atoms with van der Waals surface area (Å²) < 4.78 is 0. The third kappa shape index (κ3) is 1.48. The maximum atomic E-state index is 9.74. The molecule has 0 aliphatic heterocycles. The highest BCUT2D eigenvalue weighted by Gasteiger charge is 2.18. The average Bonchev–Trinajstić information content (AvgIpc) is 2.17. The van der Waals surface area contributed by atoms with E-state index >= 15 is 0 Å². The van der Waals surface area contributed by atoms with E-state index in [4.69, 9.17) is 0 Å². The summed E-state index contributed by atoms with van der Waals surface area (Å²) in [5.41, 5.74) is 5.07. The molecule has 1 heteroatoms. The Kier molecular flexibility index (Phi) is 2.42. The molecule has 0 bridgehead atoms. The molecule has 74 valence electrons. The van der Waals surface area contributed by atoms with Crippen molar-refractivity contribution in [2.75, 3.05) is 0 Å². The Labute approximate surface area is 85.1 Å². The minimum absolute atomic E-state index is 0.351. The Morgan fingerprint density at radius 2 is 1.93 bits per heavy atom. The number of hydrogen-bond acceptors (Lipinski definition) is 1. The van der Waals surface area contributed by atoms with Crippen LogP contribution in [0.1, 0.15) is 31.4 Å². The largest absolute Gasteiger partial charge is 0.389 e. The summed E-state index contributed by atoms with van der Waals surface area (Å²) in [5, 5.41) is 9.74. The van der Waals surface area contributed by atoms with Crippen LogP contribution in [0, 0.1) is 0 Å². The molecular weight excluding hydrogens is 172 g/mol. The molecule has 1 aromatic rings. The molecule has 0 amide bonds. The molecular formula is C13H16O. The van der Waals surface area contributed by atoms with Gasteiger partial charge in [0, 0.05) is 0 Å². The van der Waals surface area contributed by atoms with Crippen molar-refractivity contribution < 1.29 is 5.11 Å². The van der Waals surface area contributed by atoms with E-state index in [-0.39, 0.29) is 6.10 Å². The Bertz CT molecular complexity index is 375. The van der Waals surface area contributed by atoms with Crippen molar-refractivity contribution in [2.45, 2.75) is 32.8 Å². The molecule has 1 atom stereocenters. The van der Waals surface area contributed by atoms with Gasteiger partial charge in [0.15, 0.2) is 0 Å². The second-order valence-corrected chi connectivity index (χ2v) is 4.03. The van der Waals surface area contributed by atoms with Crippen LogP contribution in [0.4, 0.5) is 0 Å². The maximum absolute atomic E-state index is 9.74. The molecule has 1 aliphatic carbocycles. The van der Waals surface area contributed by atoms with E-state index in [1.807, 2.05) is 13.0 Å². The molecule has 0 aromatic heterocycles. The van der Waals surface area contributed by atoms with E-state index in [1.54, 1.807) is 0 Å². The summed E-state index contributed by atoms with van der Waals surface area (Å²) in [4.78, 5) is 0.